The molecule has 0 aliphatic carbocycles. The number of pyridine rings is 1. The molecule has 9 nitrogen and oxygen atoms in total. The number of ether oxygens (including phenoxy) is 2. The Morgan fingerprint density at radius 1 is 0.951 bits per heavy atom. The van der Waals surface area contributed by atoms with Gasteiger partial charge in [0.1, 0.15) is 5.75 Å². The van der Waals surface area contributed by atoms with Crippen molar-refractivity contribution in [3.05, 3.63) is 125 Å². The predicted octanol–water partition coefficient (Wildman–Crippen LogP) is 5.03. The van der Waals surface area contributed by atoms with E-state index in [1.165, 1.54) is 12.0 Å². The molecular weight excluding hydrogens is 520 g/mol. The van der Waals surface area contributed by atoms with Crippen LogP contribution in [0.5, 0.6) is 5.75 Å². The van der Waals surface area contributed by atoms with Crippen LogP contribution in [-0.2, 0) is 22.6 Å². The minimum atomic E-state index is -0.908. The molecule has 5 rings (SSSR count). The highest BCUT2D eigenvalue weighted by Crippen LogP contribution is 2.35. The van der Waals surface area contributed by atoms with Gasteiger partial charge in [-0.25, -0.2) is 4.79 Å². The second-order valence-corrected chi connectivity index (χ2v) is 9.72. The van der Waals surface area contributed by atoms with Gasteiger partial charge in [-0.15, -0.1) is 0 Å². The second kappa shape index (κ2) is 12.3. The largest absolute Gasteiger partial charge is 0.496 e. The summed E-state index contributed by atoms with van der Waals surface area (Å²) < 4.78 is 11.1. The van der Waals surface area contributed by atoms with Crippen molar-refractivity contribution in [2.45, 2.75) is 32.2 Å². The lowest BCUT2D eigenvalue weighted by molar-refractivity contribution is -0.126. The van der Waals surface area contributed by atoms with Crippen LogP contribution in [0.25, 0.3) is 0 Å². The SMILES string of the molecule is COc1ccccc1C(=O)Nc1ccc([C@@H]2OC(=O)N(Cc3ccc(C)cc3)[C@H]2C(=O)NCc2cccnc2)cc1. The molecule has 0 saturated carbocycles. The number of amides is 3. The summed E-state index contributed by atoms with van der Waals surface area (Å²) in [6.45, 7) is 2.46. The maximum Gasteiger partial charge on any atom is 0.411 e. The van der Waals surface area contributed by atoms with Crippen LogP contribution in [-0.4, -0.2) is 40.9 Å². The number of hydrogen-bond donors (Lipinski definition) is 2. The van der Waals surface area contributed by atoms with Gasteiger partial charge in [0.25, 0.3) is 5.91 Å². The fourth-order valence-corrected chi connectivity index (χ4v) is 4.68. The fraction of sp³-hybridized carbons (Fsp3) is 0.188. The van der Waals surface area contributed by atoms with E-state index in [0.717, 1.165) is 16.7 Å². The lowest BCUT2D eigenvalue weighted by Gasteiger charge is -2.24. The fourth-order valence-electron chi connectivity index (χ4n) is 4.68. The van der Waals surface area contributed by atoms with E-state index in [1.54, 1.807) is 67.0 Å². The van der Waals surface area contributed by atoms with Gasteiger partial charge in [-0.1, -0.05) is 60.2 Å². The van der Waals surface area contributed by atoms with Crippen LogP contribution in [0.1, 0.15) is 38.7 Å². The molecule has 0 radical (unpaired) electrons. The van der Waals surface area contributed by atoms with Crippen LogP contribution < -0.4 is 15.4 Å². The van der Waals surface area contributed by atoms with E-state index in [2.05, 4.69) is 15.6 Å². The number of aromatic nitrogens is 1. The normalized spacial score (nSPS) is 16.1. The summed E-state index contributed by atoms with van der Waals surface area (Å²) in [7, 11) is 1.51. The average Bonchev–Trinajstić information content (AvgIpc) is 3.33. The first-order valence-electron chi connectivity index (χ1n) is 13.2. The molecule has 208 valence electrons. The van der Waals surface area contributed by atoms with E-state index in [-0.39, 0.29) is 24.9 Å². The van der Waals surface area contributed by atoms with Gasteiger partial charge in [-0.3, -0.25) is 19.5 Å². The predicted molar refractivity (Wildman–Crippen MR) is 153 cm³/mol. The molecule has 1 aliphatic heterocycles. The van der Waals surface area contributed by atoms with Crippen molar-refractivity contribution >= 4 is 23.6 Å². The molecule has 2 atom stereocenters. The molecule has 1 aromatic heterocycles. The minimum Gasteiger partial charge on any atom is -0.496 e. The van der Waals surface area contributed by atoms with Crippen molar-refractivity contribution in [1.29, 1.82) is 0 Å². The van der Waals surface area contributed by atoms with Crippen LogP contribution in [0.2, 0.25) is 0 Å². The summed E-state index contributed by atoms with van der Waals surface area (Å²) in [5.41, 5.74) is 4.39. The third-order valence-corrected chi connectivity index (χ3v) is 6.87. The van der Waals surface area contributed by atoms with Crippen molar-refractivity contribution < 1.29 is 23.9 Å². The maximum atomic E-state index is 13.6. The third kappa shape index (κ3) is 6.36. The summed E-state index contributed by atoms with van der Waals surface area (Å²) in [5.74, 6) is -0.196. The quantitative estimate of drug-likeness (QED) is 0.303. The van der Waals surface area contributed by atoms with E-state index < -0.39 is 18.2 Å². The molecule has 41 heavy (non-hydrogen) atoms. The Bertz CT molecular complexity index is 1520. The minimum absolute atomic E-state index is 0.216. The Kier molecular flexibility index (Phi) is 8.24. The molecule has 0 spiro atoms. The zero-order valence-corrected chi connectivity index (χ0v) is 22.7. The first-order valence-corrected chi connectivity index (χ1v) is 13.2. The van der Waals surface area contributed by atoms with Gasteiger partial charge in [0.15, 0.2) is 12.1 Å². The van der Waals surface area contributed by atoms with Crippen molar-refractivity contribution in [3.63, 3.8) is 0 Å². The number of carbonyl (C=O) groups excluding carboxylic acids is 3. The Hall–Kier alpha value is -5.18. The van der Waals surface area contributed by atoms with Crippen molar-refractivity contribution in [1.82, 2.24) is 15.2 Å². The number of hydrogen-bond acceptors (Lipinski definition) is 6. The first kappa shape index (κ1) is 27.4. The molecular formula is C32H30N4O5. The van der Waals surface area contributed by atoms with Crippen LogP contribution in [0.4, 0.5) is 10.5 Å². The van der Waals surface area contributed by atoms with Crippen LogP contribution in [0.3, 0.4) is 0 Å². The van der Waals surface area contributed by atoms with Crippen LogP contribution >= 0.6 is 0 Å². The number of methoxy groups -OCH3 is 1. The number of cyclic esters (lactones) is 1. The van der Waals surface area contributed by atoms with Gasteiger partial charge in [-0.05, 0) is 53.9 Å². The summed E-state index contributed by atoms with van der Waals surface area (Å²) in [4.78, 5) is 45.0. The second-order valence-electron chi connectivity index (χ2n) is 9.72. The smallest absolute Gasteiger partial charge is 0.411 e. The topological polar surface area (TPSA) is 110 Å². The summed E-state index contributed by atoms with van der Waals surface area (Å²) >= 11 is 0. The summed E-state index contributed by atoms with van der Waals surface area (Å²) in [6.07, 6.45) is 1.92. The number of nitrogens with zero attached hydrogens (tertiary/aromatic N) is 2. The zero-order valence-electron chi connectivity index (χ0n) is 22.7. The molecule has 1 saturated heterocycles. The van der Waals surface area contributed by atoms with Gasteiger partial charge in [0.2, 0.25) is 5.91 Å². The van der Waals surface area contributed by atoms with Crippen LogP contribution in [0.15, 0.2) is 97.3 Å². The summed E-state index contributed by atoms with van der Waals surface area (Å²) in [5, 5.41) is 5.79. The molecule has 1 fully saturated rings. The molecule has 3 amide bonds. The highest BCUT2D eigenvalue weighted by molar-refractivity contribution is 6.06. The summed E-state index contributed by atoms with van der Waals surface area (Å²) in [6, 6.07) is 24.4. The number of aryl methyl sites for hydroxylation is 1. The van der Waals surface area contributed by atoms with Gasteiger partial charge in [-0.2, -0.15) is 0 Å². The Morgan fingerprint density at radius 3 is 2.41 bits per heavy atom. The molecule has 3 aromatic carbocycles. The van der Waals surface area contributed by atoms with Gasteiger partial charge >= 0.3 is 6.09 Å². The van der Waals surface area contributed by atoms with E-state index >= 15 is 0 Å². The molecule has 0 unspecified atom stereocenters. The highest BCUT2D eigenvalue weighted by Gasteiger charge is 2.46. The lowest BCUT2D eigenvalue weighted by Crippen LogP contribution is -2.46. The monoisotopic (exact) mass is 550 g/mol. The van der Waals surface area contributed by atoms with E-state index in [9.17, 15) is 14.4 Å². The molecule has 9 heteroatoms. The Labute approximate surface area is 238 Å². The molecule has 1 aliphatic rings. The molecule has 0 bridgehead atoms. The van der Waals surface area contributed by atoms with Crippen molar-refractivity contribution in [2.75, 3.05) is 12.4 Å². The van der Waals surface area contributed by atoms with Gasteiger partial charge in [0, 0.05) is 24.6 Å². The van der Waals surface area contributed by atoms with Gasteiger partial charge in [0.05, 0.1) is 19.2 Å². The Balaban J connectivity index is 1.36. The number of nitrogens with one attached hydrogen (secondary N) is 2. The lowest BCUT2D eigenvalue weighted by atomic mass is 10.00. The highest BCUT2D eigenvalue weighted by atomic mass is 16.6. The number of benzene rings is 3. The van der Waals surface area contributed by atoms with E-state index in [1.807, 2.05) is 37.3 Å². The molecule has 2 N–H and O–H groups in total. The zero-order chi connectivity index (χ0) is 28.8. The molecule has 4 aromatic rings. The number of carbonyl (C=O) groups is 3. The molecule has 2 heterocycles. The first-order chi connectivity index (χ1) is 19.9. The van der Waals surface area contributed by atoms with Crippen molar-refractivity contribution in [3.8, 4) is 5.75 Å². The number of rotatable bonds is 9. The van der Waals surface area contributed by atoms with Gasteiger partial charge < -0.3 is 20.1 Å². The van der Waals surface area contributed by atoms with E-state index in [0.29, 0.717) is 22.6 Å². The van der Waals surface area contributed by atoms with E-state index in [4.69, 9.17) is 9.47 Å². The maximum absolute atomic E-state index is 13.6. The van der Waals surface area contributed by atoms with Crippen molar-refractivity contribution in [2.24, 2.45) is 0 Å². The standard InChI is InChI=1S/C32H30N4O5/c1-21-9-11-22(12-10-21)20-36-28(31(38)34-19-23-6-5-17-33-18-23)29(41-32(36)39)24-13-15-25(16-14-24)35-30(37)26-7-3-4-8-27(26)40-2/h3-18,28-29H,19-20H2,1-2H3,(H,34,38)(H,35,37)/t28-,29+/m1/s1. The number of anilines is 1. The average molecular weight is 551 g/mol. The third-order valence-electron chi connectivity index (χ3n) is 6.87. The van der Waals surface area contributed by atoms with Crippen LogP contribution in [0, 0.1) is 6.92 Å². The number of para-hydroxylation sites is 1. The Morgan fingerprint density at radius 2 is 1.71 bits per heavy atom.